The van der Waals surface area contributed by atoms with E-state index in [9.17, 15) is 28.5 Å². The molecule has 0 bridgehead atoms. The number of benzene rings is 1. The number of hydrogen-bond donors (Lipinski definition) is 4. The maximum Gasteiger partial charge on any atom is 0.416 e. The molecule has 0 radical (unpaired) electrons. The Morgan fingerprint density at radius 1 is 1.20 bits per heavy atom. The van der Waals surface area contributed by atoms with Crippen LogP contribution in [0, 0.1) is 0 Å². The zero-order valence-corrected chi connectivity index (χ0v) is 15.4. The molecule has 9 nitrogen and oxygen atoms in total. The summed E-state index contributed by atoms with van der Waals surface area (Å²) < 4.78 is 45.8. The number of ether oxygens (including phenoxy) is 1. The third-order valence-corrected chi connectivity index (χ3v) is 4.85. The van der Waals surface area contributed by atoms with Gasteiger partial charge in [-0.05, 0) is 17.7 Å². The maximum absolute atomic E-state index is 13.0. The van der Waals surface area contributed by atoms with Crippen molar-refractivity contribution in [3.63, 3.8) is 0 Å². The van der Waals surface area contributed by atoms with Crippen LogP contribution < -0.4 is 5.49 Å². The molecule has 0 spiro atoms. The summed E-state index contributed by atoms with van der Waals surface area (Å²) >= 11 is 0. The molecule has 3 aromatic rings. The maximum atomic E-state index is 13.0. The van der Waals surface area contributed by atoms with E-state index in [1.54, 1.807) is 0 Å². The van der Waals surface area contributed by atoms with Crippen LogP contribution in [0.4, 0.5) is 13.2 Å². The van der Waals surface area contributed by atoms with Crippen LogP contribution >= 0.6 is 0 Å². The lowest BCUT2D eigenvalue weighted by Gasteiger charge is -2.18. The predicted molar refractivity (Wildman–Crippen MR) is 95.6 cm³/mol. The van der Waals surface area contributed by atoms with E-state index < -0.39 is 42.9 Å². The summed E-state index contributed by atoms with van der Waals surface area (Å²) in [6.07, 6.45) is -6.63. The summed E-state index contributed by atoms with van der Waals surface area (Å²) in [6.45, 7) is -0.609. The lowest BCUT2D eigenvalue weighted by molar-refractivity contribution is -0.137. The van der Waals surface area contributed by atoms with Crippen LogP contribution in [0.25, 0.3) is 11.2 Å². The molecule has 3 heterocycles. The minimum Gasteiger partial charge on any atom is -0.394 e. The van der Waals surface area contributed by atoms with Gasteiger partial charge in [-0.3, -0.25) is 9.56 Å². The summed E-state index contributed by atoms with van der Waals surface area (Å²) in [6, 6.07) is 4.79. The molecule has 1 fully saturated rings. The molecule has 12 heteroatoms. The predicted octanol–water partition coefficient (Wildman–Crippen LogP) is 0.491. The third kappa shape index (κ3) is 3.69. The Labute approximate surface area is 167 Å². The van der Waals surface area contributed by atoms with Crippen LogP contribution in [-0.4, -0.2) is 59.8 Å². The van der Waals surface area contributed by atoms with Crippen molar-refractivity contribution in [2.24, 2.45) is 4.99 Å². The fraction of sp³-hybridized carbons (Fsp3) is 0.389. The summed E-state index contributed by atoms with van der Waals surface area (Å²) in [7, 11) is 0. The first-order valence-corrected chi connectivity index (χ1v) is 8.99. The molecule has 30 heavy (non-hydrogen) atoms. The molecule has 160 valence electrons. The molecule has 0 saturated carbocycles. The van der Waals surface area contributed by atoms with E-state index in [-0.39, 0.29) is 12.0 Å². The lowest BCUT2D eigenvalue weighted by Crippen LogP contribution is -2.36. The highest BCUT2D eigenvalue weighted by molar-refractivity contribution is 5.67. The van der Waals surface area contributed by atoms with Gasteiger partial charge >= 0.3 is 6.18 Å². The van der Waals surface area contributed by atoms with E-state index in [0.29, 0.717) is 16.7 Å². The largest absolute Gasteiger partial charge is 0.416 e. The number of aliphatic hydroxyl groups is 3. The van der Waals surface area contributed by atoms with Gasteiger partial charge in [0.1, 0.15) is 30.2 Å². The van der Waals surface area contributed by atoms with Crippen LogP contribution in [0.1, 0.15) is 17.4 Å². The Balaban J connectivity index is 1.77. The van der Waals surface area contributed by atoms with Crippen LogP contribution in [0.15, 0.2) is 41.9 Å². The summed E-state index contributed by atoms with van der Waals surface area (Å²) in [4.78, 5) is 15.4. The van der Waals surface area contributed by atoms with Gasteiger partial charge in [0.05, 0.1) is 25.0 Å². The van der Waals surface area contributed by atoms with Crippen molar-refractivity contribution in [2.45, 2.75) is 37.3 Å². The van der Waals surface area contributed by atoms with Crippen LogP contribution in [0.3, 0.4) is 0 Å². The van der Waals surface area contributed by atoms with Crippen molar-refractivity contribution >= 4 is 11.2 Å². The fourth-order valence-corrected chi connectivity index (χ4v) is 3.32. The van der Waals surface area contributed by atoms with Crippen molar-refractivity contribution in [3.8, 4) is 0 Å². The number of fused-ring (bicyclic) bond motifs is 1. The topological polar surface area (TPSA) is 129 Å². The van der Waals surface area contributed by atoms with Gasteiger partial charge in [-0.15, -0.1) is 0 Å². The number of alkyl halides is 3. The number of halogens is 3. The molecule has 0 unspecified atom stereocenters. The van der Waals surface area contributed by atoms with Crippen LogP contribution in [-0.2, 0) is 17.5 Å². The average Bonchev–Trinajstić information content (AvgIpc) is 3.31. The van der Waals surface area contributed by atoms with E-state index in [0.717, 1.165) is 12.1 Å². The Bertz CT molecular complexity index is 1110. The van der Waals surface area contributed by atoms with Crippen molar-refractivity contribution < 1.29 is 33.2 Å². The summed E-state index contributed by atoms with van der Waals surface area (Å²) in [5.41, 5.74) is 0.433. The fourth-order valence-electron chi connectivity index (χ4n) is 3.32. The molecule has 2 aromatic heterocycles. The molecule has 1 aliphatic heterocycles. The molecule has 0 amide bonds. The van der Waals surface area contributed by atoms with E-state index in [1.807, 2.05) is 0 Å². The number of rotatable bonds is 4. The first-order valence-electron chi connectivity index (χ1n) is 8.99. The molecule has 4 rings (SSSR count). The number of nitrogens with zero attached hydrogens (tertiary/aromatic N) is 4. The minimum atomic E-state index is -4.47. The molecular formula is C18H18F3N5O4. The summed E-state index contributed by atoms with van der Waals surface area (Å²) in [5.74, 6) is 0. The van der Waals surface area contributed by atoms with Crippen LogP contribution in [0.2, 0.25) is 0 Å². The second-order valence-corrected chi connectivity index (χ2v) is 6.82. The Morgan fingerprint density at radius 3 is 2.70 bits per heavy atom. The highest BCUT2D eigenvalue weighted by Gasteiger charge is 2.43. The zero-order chi connectivity index (χ0) is 21.5. The van der Waals surface area contributed by atoms with E-state index in [4.69, 9.17) is 4.74 Å². The number of nitrogens with one attached hydrogen (secondary N) is 1. The minimum absolute atomic E-state index is 0.100. The van der Waals surface area contributed by atoms with Gasteiger partial charge in [0, 0.05) is 0 Å². The average molecular weight is 425 g/mol. The van der Waals surface area contributed by atoms with Gasteiger partial charge < -0.3 is 25.0 Å². The molecule has 1 saturated heterocycles. The van der Waals surface area contributed by atoms with Gasteiger partial charge in [-0.1, -0.05) is 12.1 Å². The van der Waals surface area contributed by atoms with Gasteiger partial charge in [0.2, 0.25) is 0 Å². The normalized spacial score (nSPS) is 25.3. The smallest absolute Gasteiger partial charge is 0.394 e. The lowest BCUT2D eigenvalue weighted by atomic mass is 10.1. The highest BCUT2D eigenvalue weighted by Crippen LogP contribution is 2.30. The first kappa shape index (κ1) is 20.5. The Morgan fingerprint density at radius 2 is 2.00 bits per heavy atom. The van der Waals surface area contributed by atoms with Crippen molar-refractivity contribution in [1.82, 2.24) is 19.5 Å². The second-order valence-electron chi connectivity index (χ2n) is 6.82. The van der Waals surface area contributed by atoms with E-state index in [2.05, 4.69) is 19.9 Å². The second kappa shape index (κ2) is 7.80. The quantitative estimate of drug-likeness (QED) is 0.482. The highest BCUT2D eigenvalue weighted by atomic mass is 19.4. The molecule has 4 atom stereocenters. The van der Waals surface area contributed by atoms with Gasteiger partial charge in [-0.2, -0.15) is 13.2 Å². The molecular weight excluding hydrogens is 407 g/mol. The number of aromatic amines is 1. The molecule has 1 aromatic carbocycles. The van der Waals surface area contributed by atoms with Gasteiger partial charge in [0.25, 0.3) is 0 Å². The molecule has 1 aliphatic rings. The molecule has 4 N–H and O–H groups in total. The SMILES string of the molecule is OC[C@H]1O[C@@H](n2cnc3nc[nH]c3c2=NCc2cccc(C(F)(F)F)c2)[C@H](O)[C@H]1O. The van der Waals surface area contributed by atoms with E-state index in [1.165, 1.54) is 29.4 Å². The van der Waals surface area contributed by atoms with Crippen molar-refractivity contribution in [2.75, 3.05) is 6.61 Å². The van der Waals surface area contributed by atoms with Gasteiger partial charge in [0.15, 0.2) is 17.4 Å². The zero-order valence-electron chi connectivity index (χ0n) is 15.4. The number of H-pyrrole nitrogens is 1. The standard InChI is InChI=1S/C18H18F3N5O4/c19-18(20,21)10-3-1-2-9(4-10)5-22-16-12-15(24-7-23-12)25-8-26(16)17-14(29)13(28)11(6-27)30-17/h1-4,7-8,11,13-14,17,27-29H,5-6H2,(H,23,24)/t11-,13+,14-,17-/m1/s1. The number of hydrogen-bond acceptors (Lipinski definition) is 7. The third-order valence-electron chi connectivity index (χ3n) is 4.85. The van der Waals surface area contributed by atoms with Crippen molar-refractivity contribution in [3.05, 3.63) is 53.5 Å². The van der Waals surface area contributed by atoms with Crippen LogP contribution in [0.5, 0.6) is 0 Å². The number of aliphatic hydroxyl groups excluding tert-OH is 3. The monoisotopic (exact) mass is 425 g/mol. The Hall–Kier alpha value is -2.80. The molecule has 0 aliphatic carbocycles. The Kier molecular flexibility index (Phi) is 5.32. The summed E-state index contributed by atoms with van der Waals surface area (Å²) in [5, 5.41) is 29.7. The van der Waals surface area contributed by atoms with Crippen molar-refractivity contribution in [1.29, 1.82) is 0 Å². The first-order chi connectivity index (χ1) is 14.3. The van der Waals surface area contributed by atoms with E-state index >= 15 is 0 Å². The number of imidazole rings is 1. The number of aromatic nitrogens is 4. The van der Waals surface area contributed by atoms with Gasteiger partial charge in [-0.25, -0.2) is 9.97 Å².